The van der Waals surface area contributed by atoms with Gasteiger partial charge in [0.1, 0.15) is 12.6 Å². The molecule has 1 saturated carbocycles. The maximum absolute atomic E-state index is 14.3. The molecule has 0 radical (unpaired) electrons. The van der Waals surface area contributed by atoms with Crippen molar-refractivity contribution in [2.75, 3.05) is 10.8 Å². The Hall–Kier alpha value is -3.07. The fourth-order valence-electron chi connectivity index (χ4n) is 5.38. The van der Waals surface area contributed by atoms with E-state index in [9.17, 15) is 18.0 Å². The number of nitrogens with one attached hydrogen (secondary N) is 1. The highest BCUT2D eigenvalue weighted by Gasteiger charge is 2.34. The van der Waals surface area contributed by atoms with Gasteiger partial charge in [-0.3, -0.25) is 13.9 Å². The average molecular weight is 645 g/mol. The van der Waals surface area contributed by atoms with Gasteiger partial charge in [-0.25, -0.2) is 8.42 Å². The van der Waals surface area contributed by atoms with Crippen molar-refractivity contribution in [3.63, 3.8) is 0 Å². The third-order valence-corrected chi connectivity index (χ3v) is 10.5. The van der Waals surface area contributed by atoms with E-state index in [2.05, 4.69) is 5.32 Å². The molecule has 1 aliphatic rings. The maximum Gasteiger partial charge on any atom is 0.264 e. The van der Waals surface area contributed by atoms with Crippen LogP contribution in [0.3, 0.4) is 0 Å². The Morgan fingerprint density at radius 1 is 0.930 bits per heavy atom. The number of nitrogens with zero attached hydrogens (tertiary/aromatic N) is 2. The zero-order valence-corrected chi connectivity index (χ0v) is 27.2. The summed E-state index contributed by atoms with van der Waals surface area (Å²) in [6.07, 6.45) is 5.39. The number of hydrogen-bond donors (Lipinski definition) is 1. The van der Waals surface area contributed by atoms with E-state index in [4.69, 9.17) is 23.2 Å². The highest BCUT2D eigenvalue weighted by Crippen LogP contribution is 2.29. The number of carbonyl (C=O) groups excluding carboxylic acids is 2. The summed E-state index contributed by atoms with van der Waals surface area (Å²) in [4.78, 5) is 29.4. The Labute approximate surface area is 265 Å². The molecule has 1 aliphatic carbocycles. The van der Waals surface area contributed by atoms with Gasteiger partial charge >= 0.3 is 0 Å². The van der Waals surface area contributed by atoms with Gasteiger partial charge in [-0.2, -0.15) is 0 Å². The smallest absolute Gasteiger partial charge is 0.264 e. The number of hydrogen-bond acceptors (Lipinski definition) is 4. The van der Waals surface area contributed by atoms with Gasteiger partial charge in [-0.15, -0.1) is 0 Å². The fraction of sp³-hybridized carbons (Fsp3) is 0.394. The quantitative estimate of drug-likeness (QED) is 0.242. The number of benzene rings is 3. The molecule has 2 amide bonds. The van der Waals surface area contributed by atoms with Gasteiger partial charge in [0.2, 0.25) is 11.8 Å². The summed E-state index contributed by atoms with van der Waals surface area (Å²) in [6.45, 7) is 5.04. The molecule has 43 heavy (non-hydrogen) atoms. The molecule has 7 nitrogen and oxygen atoms in total. The van der Waals surface area contributed by atoms with Crippen molar-refractivity contribution in [2.45, 2.75) is 82.8 Å². The lowest BCUT2D eigenvalue weighted by atomic mass is 9.95. The van der Waals surface area contributed by atoms with Gasteiger partial charge in [-0.05, 0) is 74.6 Å². The van der Waals surface area contributed by atoms with E-state index in [1.165, 1.54) is 17.0 Å². The zero-order chi connectivity index (χ0) is 31.1. The number of carbonyl (C=O) groups is 2. The van der Waals surface area contributed by atoms with Crippen LogP contribution in [0.25, 0.3) is 0 Å². The summed E-state index contributed by atoms with van der Waals surface area (Å²) >= 11 is 12.9. The van der Waals surface area contributed by atoms with Crippen LogP contribution in [0.4, 0.5) is 5.69 Å². The van der Waals surface area contributed by atoms with Crippen LogP contribution in [0.2, 0.25) is 10.0 Å². The molecular formula is C33H39Cl2N3O4S. The Morgan fingerprint density at radius 2 is 1.60 bits per heavy atom. The number of halogens is 2. The summed E-state index contributed by atoms with van der Waals surface area (Å²) in [5.41, 5.74) is 2.59. The summed E-state index contributed by atoms with van der Waals surface area (Å²) in [5, 5.41) is 3.98. The molecule has 1 atom stereocenters. The lowest BCUT2D eigenvalue weighted by molar-refractivity contribution is -0.140. The van der Waals surface area contributed by atoms with E-state index in [0.717, 1.165) is 47.5 Å². The van der Waals surface area contributed by atoms with Crippen LogP contribution < -0.4 is 9.62 Å². The van der Waals surface area contributed by atoms with Gasteiger partial charge < -0.3 is 10.2 Å². The first-order valence-corrected chi connectivity index (χ1v) is 16.9. The molecule has 4 rings (SSSR count). The lowest BCUT2D eigenvalue weighted by Gasteiger charge is -2.34. The average Bonchev–Trinajstić information content (AvgIpc) is 2.98. The summed E-state index contributed by atoms with van der Waals surface area (Å²) in [7, 11) is -4.18. The molecule has 0 bridgehead atoms. The number of rotatable bonds is 11. The van der Waals surface area contributed by atoms with E-state index in [1.54, 1.807) is 48.5 Å². The first-order valence-electron chi connectivity index (χ1n) is 14.7. The Bertz CT molecular complexity index is 1540. The van der Waals surface area contributed by atoms with Gasteiger partial charge in [-0.1, -0.05) is 91.3 Å². The van der Waals surface area contributed by atoms with Gasteiger partial charge in [0.05, 0.1) is 10.6 Å². The SMILES string of the molecule is CCC(C(=O)NC1CCCCC1)N(Cc1ccccc1Cl)C(=O)CN(c1ccc(C)c(Cl)c1)S(=O)(=O)c1ccc(C)cc1. The molecule has 1 unspecified atom stereocenters. The molecular weight excluding hydrogens is 605 g/mol. The second-order valence-electron chi connectivity index (χ2n) is 11.1. The lowest BCUT2D eigenvalue weighted by Crippen LogP contribution is -2.54. The third kappa shape index (κ3) is 8.11. The highest BCUT2D eigenvalue weighted by molar-refractivity contribution is 7.92. The second kappa shape index (κ2) is 14.6. The van der Waals surface area contributed by atoms with Crippen LogP contribution in [0, 0.1) is 13.8 Å². The Morgan fingerprint density at radius 3 is 2.23 bits per heavy atom. The number of sulfonamides is 1. The molecule has 10 heteroatoms. The zero-order valence-electron chi connectivity index (χ0n) is 24.9. The molecule has 0 aliphatic heterocycles. The molecule has 0 aromatic heterocycles. The minimum atomic E-state index is -4.18. The second-order valence-corrected chi connectivity index (χ2v) is 13.8. The molecule has 1 fully saturated rings. The van der Waals surface area contributed by atoms with Crippen molar-refractivity contribution in [1.29, 1.82) is 0 Å². The largest absolute Gasteiger partial charge is 0.352 e. The van der Waals surface area contributed by atoms with Crippen molar-refractivity contribution in [2.24, 2.45) is 0 Å². The van der Waals surface area contributed by atoms with Crippen molar-refractivity contribution in [1.82, 2.24) is 10.2 Å². The Kier molecular flexibility index (Phi) is 11.2. The molecule has 1 N–H and O–H groups in total. The van der Waals surface area contributed by atoms with Crippen LogP contribution in [-0.4, -0.2) is 43.8 Å². The van der Waals surface area contributed by atoms with Crippen LogP contribution in [0.1, 0.15) is 62.1 Å². The monoisotopic (exact) mass is 643 g/mol. The third-order valence-electron chi connectivity index (χ3n) is 7.97. The standard InChI is InChI=1S/C33H39Cl2N3O4S/c1-4-31(33(40)36-26-11-6-5-7-12-26)37(21-25-10-8-9-13-29(25)34)32(39)22-38(27-17-16-24(3)30(35)20-27)43(41,42)28-18-14-23(2)15-19-28/h8-10,13-20,26,31H,4-7,11-12,21-22H2,1-3H3,(H,36,40). The predicted octanol–water partition coefficient (Wildman–Crippen LogP) is 7.06. The van der Waals surface area contributed by atoms with E-state index in [1.807, 2.05) is 26.8 Å². The molecule has 0 saturated heterocycles. The normalized spacial score (nSPS) is 14.6. The number of amides is 2. The first kappa shape index (κ1) is 32.8. The topological polar surface area (TPSA) is 86.8 Å². The van der Waals surface area contributed by atoms with Gasteiger partial charge in [0.15, 0.2) is 0 Å². The summed E-state index contributed by atoms with van der Waals surface area (Å²) in [6, 6.07) is 17.7. The van der Waals surface area contributed by atoms with Crippen molar-refractivity contribution in [3.05, 3.63) is 93.5 Å². The molecule has 0 heterocycles. The number of anilines is 1. The van der Waals surface area contributed by atoms with E-state index in [-0.39, 0.29) is 29.1 Å². The summed E-state index contributed by atoms with van der Waals surface area (Å²) < 4.78 is 29.2. The molecule has 3 aromatic rings. The van der Waals surface area contributed by atoms with Crippen LogP contribution in [0.15, 0.2) is 71.6 Å². The van der Waals surface area contributed by atoms with Gasteiger partial charge in [0, 0.05) is 22.6 Å². The van der Waals surface area contributed by atoms with Gasteiger partial charge in [0.25, 0.3) is 10.0 Å². The van der Waals surface area contributed by atoms with Crippen molar-refractivity contribution in [3.8, 4) is 0 Å². The highest BCUT2D eigenvalue weighted by atomic mass is 35.5. The molecule has 0 spiro atoms. The predicted molar refractivity (Wildman–Crippen MR) is 173 cm³/mol. The number of aryl methyl sites for hydroxylation is 2. The first-order chi connectivity index (χ1) is 20.5. The van der Waals surface area contributed by atoms with E-state index >= 15 is 0 Å². The minimum Gasteiger partial charge on any atom is -0.352 e. The summed E-state index contributed by atoms with van der Waals surface area (Å²) in [5.74, 6) is -0.779. The molecule has 230 valence electrons. The molecule has 3 aromatic carbocycles. The van der Waals surface area contributed by atoms with Crippen LogP contribution >= 0.6 is 23.2 Å². The van der Waals surface area contributed by atoms with E-state index < -0.39 is 28.5 Å². The van der Waals surface area contributed by atoms with Crippen molar-refractivity contribution >= 4 is 50.7 Å². The van der Waals surface area contributed by atoms with Crippen LogP contribution in [-0.2, 0) is 26.2 Å². The van der Waals surface area contributed by atoms with Crippen LogP contribution in [0.5, 0.6) is 0 Å². The van der Waals surface area contributed by atoms with Crippen molar-refractivity contribution < 1.29 is 18.0 Å². The van der Waals surface area contributed by atoms with E-state index in [0.29, 0.717) is 22.0 Å². The fourth-order valence-corrected chi connectivity index (χ4v) is 7.15. The maximum atomic E-state index is 14.3. The minimum absolute atomic E-state index is 0.0438. The Balaban J connectivity index is 1.73.